The number of benzene rings is 1. The molecule has 2 heterocycles. The summed E-state index contributed by atoms with van der Waals surface area (Å²) in [5.74, 6) is 0.958. The summed E-state index contributed by atoms with van der Waals surface area (Å²) < 4.78 is 85.7. The lowest BCUT2D eigenvalue weighted by Crippen LogP contribution is -2.57. The number of hydrogen-bond donors (Lipinski definition) is 3. The van der Waals surface area contributed by atoms with Gasteiger partial charge < -0.3 is 15.5 Å². The molecule has 0 bridgehead atoms. The standard InChI is InChI=1S/C25H30F6N4O/c1-4-5-6-7-16(2)23(9-8-18(13-33-23)22-32-15-34-35-22)14-36-17(3)19-10-20(24(26,27)28)12-21(11-19)25(29,30)31/h4-7,10-12,17-18,33-34H,2,8-9,13-15H2,1,3H3,(H,32,35)/b5-4-,7-6-/t17-,18?,23-/m1/s1. The number of nitrogens with one attached hydrogen (secondary N) is 3. The summed E-state index contributed by atoms with van der Waals surface area (Å²) >= 11 is 0. The van der Waals surface area contributed by atoms with Gasteiger partial charge in [0.25, 0.3) is 0 Å². The second kappa shape index (κ2) is 11.2. The minimum atomic E-state index is -4.92. The van der Waals surface area contributed by atoms with Crippen molar-refractivity contribution in [1.29, 1.82) is 0 Å². The van der Waals surface area contributed by atoms with Crippen LogP contribution in [0.15, 0.2) is 59.6 Å². The Morgan fingerprint density at radius 2 is 1.83 bits per heavy atom. The number of alkyl halides is 6. The summed E-state index contributed by atoms with van der Waals surface area (Å²) in [6.07, 6.45) is -2.24. The Balaban J connectivity index is 1.82. The SMILES string of the molecule is C=C(/C=C\C=C/C)[C@]1(CO[C@H](C)c2cc(C(F)(F)F)cc(C(F)(F)F)c2)CCC(C2=NCNN2)CN1. The first-order valence-electron chi connectivity index (χ1n) is 11.5. The van der Waals surface area contributed by atoms with E-state index in [-0.39, 0.29) is 24.2 Å². The van der Waals surface area contributed by atoms with E-state index in [0.29, 0.717) is 37.3 Å². The predicted octanol–water partition coefficient (Wildman–Crippen LogP) is 5.69. The Morgan fingerprint density at radius 1 is 1.17 bits per heavy atom. The molecule has 1 unspecified atom stereocenters. The molecule has 3 rings (SSSR count). The normalized spacial score (nSPS) is 24.2. The van der Waals surface area contributed by atoms with Crippen LogP contribution in [-0.2, 0) is 17.1 Å². The number of rotatable bonds is 8. The van der Waals surface area contributed by atoms with Gasteiger partial charge in [0.05, 0.1) is 29.4 Å². The second-order valence-electron chi connectivity index (χ2n) is 8.90. The maximum absolute atomic E-state index is 13.3. The van der Waals surface area contributed by atoms with Crippen LogP contribution in [0, 0.1) is 5.92 Å². The van der Waals surface area contributed by atoms with Crippen molar-refractivity contribution in [3.63, 3.8) is 0 Å². The van der Waals surface area contributed by atoms with E-state index >= 15 is 0 Å². The average Bonchev–Trinajstić information content (AvgIpc) is 3.36. The zero-order valence-electron chi connectivity index (χ0n) is 20.1. The molecule has 3 atom stereocenters. The van der Waals surface area contributed by atoms with Gasteiger partial charge in [0, 0.05) is 12.5 Å². The molecule has 0 aliphatic carbocycles. The molecule has 1 aromatic carbocycles. The smallest absolute Gasteiger partial charge is 0.372 e. The molecule has 0 aromatic heterocycles. The molecule has 0 radical (unpaired) electrons. The molecule has 2 aliphatic rings. The fourth-order valence-corrected chi connectivity index (χ4v) is 4.20. The summed E-state index contributed by atoms with van der Waals surface area (Å²) in [5.41, 5.74) is 2.98. The first-order chi connectivity index (χ1) is 16.9. The summed E-state index contributed by atoms with van der Waals surface area (Å²) in [5, 5.41) is 3.46. The third-order valence-corrected chi connectivity index (χ3v) is 6.41. The summed E-state index contributed by atoms with van der Waals surface area (Å²) in [6, 6.07) is 1.52. The fourth-order valence-electron chi connectivity index (χ4n) is 4.20. The molecule has 1 aromatic rings. The molecule has 36 heavy (non-hydrogen) atoms. The Labute approximate surface area is 206 Å². The van der Waals surface area contributed by atoms with E-state index < -0.39 is 35.1 Å². The van der Waals surface area contributed by atoms with Crippen molar-refractivity contribution in [3.05, 3.63) is 71.3 Å². The van der Waals surface area contributed by atoms with Crippen LogP contribution in [0.25, 0.3) is 0 Å². The number of hydrogen-bond acceptors (Lipinski definition) is 5. The summed E-state index contributed by atoms with van der Waals surface area (Å²) in [7, 11) is 0. The summed E-state index contributed by atoms with van der Waals surface area (Å²) in [4.78, 5) is 4.38. The number of halogens is 6. The number of hydrazine groups is 1. The van der Waals surface area contributed by atoms with Crippen molar-refractivity contribution < 1.29 is 31.1 Å². The third kappa shape index (κ3) is 6.77. The van der Waals surface area contributed by atoms with Gasteiger partial charge in [-0.3, -0.25) is 4.99 Å². The largest absolute Gasteiger partial charge is 0.416 e. The van der Waals surface area contributed by atoms with E-state index in [4.69, 9.17) is 4.74 Å². The Kier molecular flexibility index (Phi) is 8.68. The van der Waals surface area contributed by atoms with Gasteiger partial charge in [-0.25, -0.2) is 5.43 Å². The molecule has 5 nitrogen and oxygen atoms in total. The number of allylic oxidation sites excluding steroid dienone is 3. The molecule has 1 fully saturated rings. The maximum atomic E-state index is 13.3. The van der Waals surface area contributed by atoms with Crippen LogP contribution in [0.1, 0.15) is 49.5 Å². The zero-order valence-corrected chi connectivity index (χ0v) is 20.1. The highest BCUT2D eigenvalue weighted by atomic mass is 19.4. The molecule has 2 aliphatic heterocycles. The van der Waals surface area contributed by atoms with E-state index in [1.54, 1.807) is 0 Å². The lowest BCUT2D eigenvalue weighted by Gasteiger charge is -2.42. The van der Waals surface area contributed by atoms with E-state index in [9.17, 15) is 26.3 Å². The Morgan fingerprint density at radius 3 is 2.33 bits per heavy atom. The van der Waals surface area contributed by atoms with Crippen molar-refractivity contribution >= 4 is 5.84 Å². The Bertz CT molecular complexity index is 988. The van der Waals surface area contributed by atoms with Crippen LogP contribution in [-0.4, -0.2) is 31.2 Å². The third-order valence-electron chi connectivity index (χ3n) is 6.41. The molecular weight excluding hydrogens is 486 g/mol. The predicted molar refractivity (Wildman–Crippen MR) is 126 cm³/mol. The number of piperidine rings is 1. The molecule has 1 saturated heterocycles. The first kappa shape index (κ1) is 27.9. The van der Waals surface area contributed by atoms with Crippen LogP contribution < -0.4 is 16.2 Å². The van der Waals surface area contributed by atoms with E-state index in [2.05, 4.69) is 27.7 Å². The van der Waals surface area contributed by atoms with Crippen molar-refractivity contribution in [2.24, 2.45) is 10.9 Å². The molecule has 0 spiro atoms. The van der Waals surface area contributed by atoms with Gasteiger partial charge >= 0.3 is 12.4 Å². The van der Waals surface area contributed by atoms with Crippen LogP contribution in [0.2, 0.25) is 0 Å². The molecule has 11 heteroatoms. The Hall–Kier alpha value is -2.63. The van der Waals surface area contributed by atoms with Gasteiger partial charge in [-0.2, -0.15) is 26.3 Å². The van der Waals surface area contributed by atoms with Crippen molar-refractivity contribution in [1.82, 2.24) is 16.2 Å². The highest BCUT2D eigenvalue weighted by molar-refractivity contribution is 5.85. The van der Waals surface area contributed by atoms with Crippen molar-refractivity contribution in [3.8, 4) is 0 Å². The van der Waals surface area contributed by atoms with Gasteiger partial charge in [-0.1, -0.05) is 30.9 Å². The molecule has 198 valence electrons. The zero-order chi connectivity index (χ0) is 26.6. The lowest BCUT2D eigenvalue weighted by molar-refractivity contribution is -0.143. The minimum Gasteiger partial charge on any atom is -0.372 e. The van der Waals surface area contributed by atoms with Crippen LogP contribution >= 0.6 is 0 Å². The van der Waals surface area contributed by atoms with Crippen LogP contribution in [0.3, 0.4) is 0 Å². The van der Waals surface area contributed by atoms with Gasteiger partial charge in [0.2, 0.25) is 0 Å². The summed E-state index contributed by atoms with van der Waals surface area (Å²) in [6.45, 7) is 8.51. The minimum absolute atomic E-state index is 0.00957. The van der Waals surface area contributed by atoms with Gasteiger partial charge in [0.1, 0.15) is 12.5 Å². The fraction of sp³-hybridized carbons (Fsp3) is 0.480. The highest BCUT2D eigenvalue weighted by Crippen LogP contribution is 2.38. The number of nitrogens with zero attached hydrogens (tertiary/aromatic N) is 1. The van der Waals surface area contributed by atoms with Crippen molar-refractivity contribution in [2.45, 2.75) is 50.7 Å². The van der Waals surface area contributed by atoms with Gasteiger partial charge in [-0.15, -0.1) is 0 Å². The molecule has 3 N–H and O–H groups in total. The number of amidine groups is 1. The van der Waals surface area contributed by atoms with Gasteiger partial charge in [0.15, 0.2) is 0 Å². The molecule has 0 saturated carbocycles. The molecule has 0 amide bonds. The van der Waals surface area contributed by atoms with E-state index in [1.165, 1.54) is 6.92 Å². The van der Waals surface area contributed by atoms with Crippen LogP contribution in [0.4, 0.5) is 26.3 Å². The van der Waals surface area contributed by atoms with E-state index in [1.807, 2.05) is 31.2 Å². The second-order valence-corrected chi connectivity index (χ2v) is 8.90. The maximum Gasteiger partial charge on any atom is 0.416 e. The average molecular weight is 517 g/mol. The lowest BCUT2D eigenvalue weighted by atomic mass is 9.79. The van der Waals surface area contributed by atoms with Crippen LogP contribution in [0.5, 0.6) is 0 Å². The van der Waals surface area contributed by atoms with Gasteiger partial charge in [-0.05, 0) is 56.0 Å². The number of ether oxygens (including phenoxy) is 1. The number of aliphatic imine (C=N–C) groups is 1. The quantitative estimate of drug-likeness (QED) is 0.307. The highest BCUT2D eigenvalue weighted by Gasteiger charge is 2.40. The van der Waals surface area contributed by atoms with Crippen molar-refractivity contribution in [2.75, 3.05) is 19.8 Å². The van der Waals surface area contributed by atoms with E-state index in [0.717, 1.165) is 12.3 Å². The molecular formula is C25H30F6N4O. The monoisotopic (exact) mass is 516 g/mol. The topological polar surface area (TPSA) is 57.7 Å². The first-order valence-corrected chi connectivity index (χ1v) is 11.5.